The summed E-state index contributed by atoms with van der Waals surface area (Å²) in [6.07, 6.45) is 0.350. The van der Waals surface area contributed by atoms with Crippen molar-refractivity contribution in [3.05, 3.63) is 0 Å². The van der Waals surface area contributed by atoms with Crippen LogP contribution in [0, 0.1) is 0 Å². The molecule has 0 bridgehead atoms. The molecule has 0 unspecified atom stereocenters. The van der Waals surface area contributed by atoms with Gasteiger partial charge in [0.05, 0.1) is 0 Å². The number of nitrogens with one attached hydrogen (secondary N) is 1. The molecular formula is C9H16N2O7. The number of hydrogen-bond donors (Lipinski definition) is 5. The first-order valence-corrected chi connectivity index (χ1v) is 4.93. The fourth-order valence-electron chi connectivity index (χ4n) is 0.696. The molecule has 0 saturated heterocycles. The smallest absolute Gasteiger partial charge is 0.414 e. The Morgan fingerprint density at radius 2 is 1.56 bits per heavy atom. The van der Waals surface area contributed by atoms with Gasteiger partial charge >= 0.3 is 17.9 Å². The predicted molar refractivity (Wildman–Crippen MR) is 58.8 cm³/mol. The van der Waals surface area contributed by atoms with Crippen LogP contribution in [0.15, 0.2) is 0 Å². The number of carbonyl (C=O) groups is 4. The Kier molecular flexibility index (Phi) is 10.1. The highest BCUT2D eigenvalue weighted by atomic mass is 16.4. The molecule has 0 radical (unpaired) electrons. The van der Waals surface area contributed by atoms with Gasteiger partial charge in [0.2, 0.25) is 5.91 Å². The van der Waals surface area contributed by atoms with Crippen LogP contribution in [-0.2, 0) is 19.2 Å². The van der Waals surface area contributed by atoms with Gasteiger partial charge in [0.15, 0.2) is 0 Å². The van der Waals surface area contributed by atoms with E-state index in [9.17, 15) is 9.59 Å². The van der Waals surface area contributed by atoms with Crippen LogP contribution in [-0.4, -0.2) is 51.7 Å². The number of carboxylic acid groups (broad SMARTS) is 3. The molecule has 9 nitrogen and oxygen atoms in total. The third-order valence-corrected chi connectivity index (χ3v) is 1.56. The highest BCUT2D eigenvalue weighted by Gasteiger charge is 2.12. The van der Waals surface area contributed by atoms with E-state index in [4.69, 9.17) is 30.6 Å². The summed E-state index contributed by atoms with van der Waals surface area (Å²) < 4.78 is 0. The second kappa shape index (κ2) is 10.0. The average Bonchev–Trinajstić information content (AvgIpc) is 2.26. The zero-order valence-corrected chi connectivity index (χ0v) is 9.75. The Balaban J connectivity index is 0. The standard InChI is InChI=1S/C7H14N2O3.C2H2O4/c1-2-9-6(10)4-3-5(8)7(11)12;3-1(4)2(5)6/h5H,2-4,8H2,1H3,(H,9,10)(H,11,12);(H,3,4)(H,5,6)/t5-;/m0./s1. The first-order valence-electron chi connectivity index (χ1n) is 4.93. The molecule has 0 aromatic rings. The summed E-state index contributed by atoms with van der Waals surface area (Å²) in [7, 11) is 0. The Hall–Kier alpha value is -2.16. The third kappa shape index (κ3) is 11.9. The van der Waals surface area contributed by atoms with E-state index >= 15 is 0 Å². The Morgan fingerprint density at radius 3 is 1.83 bits per heavy atom. The van der Waals surface area contributed by atoms with Crippen molar-refractivity contribution in [1.82, 2.24) is 5.32 Å². The van der Waals surface area contributed by atoms with Gasteiger partial charge in [0.25, 0.3) is 0 Å². The van der Waals surface area contributed by atoms with E-state index in [0.717, 1.165) is 0 Å². The number of hydrogen-bond acceptors (Lipinski definition) is 5. The number of carbonyl (C=O) groups excluding carboxylic acids is 1. The van der Waals surface area contributed by atoms with Gasteiger partial charge in [-0.15, -0.1) is 0 Å². The molecule has 9 heteroatoms. The van der Waals surface area contributed by atoms with E-state index < -0.39 is 23.9 Å². The molecule has 6 N–H and O–H groups in total. The summed E-state index contributed by atoms with van der Waals surface area (Å²) in [5.41, 5.74) is 5.18. The van der Waals surface area contributed by atoms with Gasteiger partial charge in [-0.2, -0.15) is 0 Å². The van der Waals surface area contributed by atoms with Crippen LogP contribution >= 0.6 is 0 Å². The van der Waals surface area contributed by atoms with Crippen molar-refractivity contribution in [1.29, 1.82) is 0 Å². The fourth-order valence-corrected chi connectivity index (χ4v) is 0.696. The minimum absolute atomic E-state index is 0.158. The molecule has 1 amide bonds. The highest BCUT2D eigenvalue weighted by molar-refractivity contribution is 6.27. The van der Waals surface area contributed by atoms with Gasteiger partial charge in [0, 0.05) is 13.0 Å². The van der Waals surface area contributed by atoms with Crippen molar-refractivity contribution in [3.63, 3.8) is 0 Å². The first kappa shape index (κ1) is 18.2. The van der Waals surface area contributed by atoms with Gasteiger partial charge < -0.3 is 26.4 Å². The van der Waals surface area contributed by atoms with Crippen molar-refractivity contribution in [2.45, 2.75) is 25.8 Å². The quantitative estimate of drug-likeness (QED) is 0.373. The largest absolute Gasteiger partial charge is 0.480 e. The van der Waals surface area contributed by atoms with Gasteiger partial charge in [-0.25, -0.2) is 9.59 Å². The molecule has 0 aliphatic carbocycles. The lowest BCUT2D eigenvalue weighted by molar-refractivity contribution is -0.159. The Bertz CT molecular complexity index is 304. The van der Waals surface area contributed by atoms with Crippen molar-refractivity contribution in [3.8, 4) is 0 Å². The van der Waals surface area contributed by atoms with E-state index in [1.165, 1.54) is 0 Å². The molecule has 0 fully saturated rings. The molecule has 0 spiro atoms. The molecule has 0 aliphatic rings. The zero-order chi connectivity index (χ0) is 14.7. The molecule has 1 atom stereocenters. The molecular weight excluding hydrogens is 248 g/mol. The minimum atomic E-state index is -1.82. The number of aliphatic carboxylic acids is 3. The third-order valence-electron chi connectivity index (χ3n) is 1.56. The lowest BCUT2D eigenvalue weighted by Gasteiger charge is -2.05. The number of nitrogens with two attached hydrogens (primary N) is 1. The maximum absolute atomic E-state index is 10.8. The summed E-state index contributed by atoms with van der Waals surface area (Å²) in [6.45, 7) is 2.36. The molecule has 0 aromatic carbocycles. The van der Waals surface area contributed by atoms with Gasteiger partial charge in [-0.1, -0.05) is 0 Å². The van der Waals surface area contributed by atoms with Crippen molar-refractivity contribution in [2.75, 3.05) is 6.54 Å². The van der Waals surface area contributed by atoms with Crippen LogP contribution < -0.4 is 11.1 Å². The molecule has 0 aliphatic heterocycles. The second-order valence-electron chi connectivity index (χ2n) is 3.05. The van der Waals surface area contributed by atoms with E-state index in [2.05, 4.69) is 5.32 Å². The predicted octanol–water partition coefficient (Wildman–Crippen LogP) is -1.53. The topological polar surface area (TPSA) is 167 Å². The zero-order valence-electron chi connectivity index (χ0n) is 9.75. The average molecular weight is 264 g/mol. The van der Waals surface area contributed by atoms with Gasteiger partial charge in [-0.3, -0.25) is 9.59 Å². The minimum Gasteiger partial charge on any atom is -0.480 e. The maximum Gasteiger partial charge on any atom is 0.414 e. The van der Waals surface area contributed by atoms with Crippen molar-refractivity contribution in [2.24, 2.45) is 5.73 Å². The maximum atomic E-state index is 10.8. The van der Waals surface area contributed by atoms with E-state index in [0.29, 0.717) is 6.54 Å². The van der Waals surface area contributed by atoms with Gasteiger partial charge in [0.1, 0.15) is 6.04 Å². The molecule has 0 heterocycles. The molecule has 104 valence electrons. The lowest BCUT2D eigenvalue weighted by atomic mass is 10.1. The van der Waals surface area contributed by atoms with E-state index in [1.54, 1.807) is 6.92 Å². The lowest BCUT2D eigenvalue weighted by Crippen LogP contribution is -2.32. The monoisotopic (exact) mass is 264 g/mol. The summed E-state index contributed by atoms with van der Waals surface area (Å²) in [5.74, 6) is -4.88. The summed E-state index contributed by atoms with van der Waals surface area (Å²) in [5, 5.41) is 25.7. The molecule has 0 aromatic heterocycles. The van der Waals surface area contributed by atoms with Crippen LogP contribution in [0.1, 0.15) is 19.8 Å². The summed E-state index contributed by atoms with van der Waals surface area (Å²) >= 11 is 0. The second-order valence-corrected chi connectivity index (χ2v) is 3.05. The Morgan fingerprint density at radius 1 is 1.11 bits per heavy atom. The first-order chi connectivity index (χ1) is 8.22. The summed E-state index contributed by atoms with van der Waals surface area (Å²) in [6, 6.07) is -0.937. The fraction of sp³-hybridized carbons (Fsp3) is 0.556. The van der Waals surface area contributed by atoms with Crippen LogP contribution in [0.25, 0.3) is 0 Å². The number of rotatable bonds is 5. The highest BCUT2D eigenvalue weighted by Crippen LogP contribution is 1.94. The van der Waals surface area contributed by atoms with Crippen molar-refractivity contribution >= 4 is 23.8 Å². The van der Waals surface area contributed by atoms with Crippen LogP contribution in [0.2, 0.25) is 0 Å². The molecule has 0 saturated carbocycles. The Labute approximate surface area is 103 Å². The normalized spacial score (nSPS) is 10.6. The SMILES string of the molecule is CCNC(=O)CC[C@H](N)C(=O)O.O=C(O)C(=O)O. The van der Waals surface area contributed by atoms with Crippen LogP contribution in [0.4, 0.5) is 0 Å². The van der Waals surface area contributed by atoms with Gasteiger partial charge in [-0.05, 0) is 13.3 Å². The van der Waals surface area contributed by atoms with E-state index in [1.807, 2.05) is 0 Å². The number of amides is 1. The van der Waals surface area contributed by atoms with Crippen LogP contribution in [0.5, 0.6) is 0 Å². The van der Waals surface area contributed by atoms with E-state index in [-0.39, 0.29) is 18.7 Å². The molecule has 18 heavy (non-hydrogen) atoms. The summed E-state index contributed by atoms with van der Waals surface area (Å²) in [4.78, 5) is 39.2. The van der Waals surface area contributed by atoms with Crippen molar-refractivity contribution < 1.29 is 34.5 Å². The molecule has 0 rings (SSSR count). The number of carboxylic acids is 3. The van der Waals surface area contributed by atoms with Crippen LogP contribution in [0.3, 0.4) is 0 Å².